The number of Topliss-reactive ketones (excluding diaryl/α,β-unsaturated/α-hetero) is 1. The first-order valence-corrected chi connectivity index (χ1v) is 19.9. The highest BCUT2D eigenvalue weighted by atomic mass is 16.7. The predicted octanol–water partition coefficient (Wildman–Crippen LogP) is 1.95. The van der Waals surface area contributed by atoms with E-state index in [0.29, 0.717) is 0 Å². The summed E-state index contributed by atoms with van der Waals surface area (Å²) in [6, 6.07) is 10.4. The van der Waals surface area contributed by atoms with Gasteiger partial charge in [-0.25, -0.2) is 9.59 Å². The molecule has 12 unspecified atom stereocenters. The number of ketones is 1. The number of ether oxygens (including phenoxy) is 9. The molecule has 1 aromatic carbocycles. The Morgan fingerprint density at radius 2 is 1.35 bits per heavy atom. The van der Waals surface area contributed by atoms with Crippen LogP contribution in [-0.2, 0) is 77.8 Å². The van der Waals surface area contributed by atoms with Gasteiger partial charge in [-0.15, -0.1) is 0 Å². The van der Waals surface area contributed by atoms with Crippen LogP contribution in [0.15, 0.2) is 48.7 Å². The van der Waals surface area contributed by atoms with Crippen LogP contribution in [0.5, 0.6) is 0 Å². The van der Waals surface area contributed by atoms with Gasteiger partial charge in [0.2, 0.25) is 0 Å². The van der Waals surface area contributed by atoms with Crippen molar-refractivity contribution in [1.82, 2.24) is 4.98 Å². The van der Waals surface area contributed by atoms with Gasteiger partial charge in [-0.2, -0.15) is 0 Å². The predicted molar refractivity (Wildman–Crippen MR) is 205 cm³/mol. The fourth-order valence-electron chi connectivity index (χ4n) is 9.79. The molecule has 1 aromatic heterocycles. The van der Waals surface area contributed by atoms with Gasteiger partial charge in [0.25, 0.3) is 0 Å². The highest BCUT2D eigenvalue weighted by Gasteiger charge is 2.91. The van der Waals surface area contributed by atoms with Crippen molar-refractivity contribution in [2.45, 2.75) is 128 Å². The molecule has 3 heterocycles. The number of esters is 7. The molecule has 1 N–H and O–H groups in total. The van der Waals surface area contributed by atoms with Crippen molar-refractivity contribution in [3.63, 3.8) is 0 Å². The molecule has 0 amide bonds. The van der Waals surface area contributed by atoms with Crippen LogP contribution in [0.2, 0.25) is 0 Å². The molecule has 4 aliphatic rings. The van der Waals surface area contributed by atoms with Crippen LogP contribution in [0, 0.1) is 11.3 Å². The minimum absolute atomic E-state index is 0.0184. The number of benzene rings is 1. The smallest absolute Gasteiger partial charge is 0.340 e. The Morgan fingerprint density at radius 3 is 1.95 bits per heavy atom. The zero-order chi connectivity index (χ0) is 45.5. The van der Waals surface area contributed by atoms with Gasteiger partial charge < -0.3 is 47.7 Å². The Kier molecular flexibility index (Phi) is 12.7. The SMILES string of the molecule is CC(=O)OCC12C(OC(C)=O)C(OC(C)=O)C3C(OC(C)=O)C14OC3(C)COC(=O)c1cccnc1CCC(=O)C(C)OC(C(OC(=O)c1ccccc1)C2OC(C)=O)C4(C)O. The van der Waals surface area contributed by atoms with E-state index in [2.05, 4.69) is 4.98 Å². The number of fused-ring (bicyclic) bond motifs is 5. The zero-order valence-corrected chi connectivity index (χ0v) is 35.4. The van der Waals surface area contributed by atoms with Gasteiger partial charge in [-0.1, -0.05) is 18.2 Å². The maximum Gasteiger partial charge on any atom is 0.340 e. The van der Waals surface area contributed by atoms with Crippen molar-refractivity contribution in [3.05, 3.63) is 65.5 Å². The molecule has 2 aliphatic heterocycles. The lowest BCUT2D eigenvalue weighted by Gasteiger charge is -2.68. The summed E-state index contributed by atoms with van der Waals surface area (Å²) < 4.78 is 55.7. The average molecular weight is 868 g/mol. The fraction of sp³-hybridized carbons (Fsp3) is 0.558. The van der Waals surface area contributed by atoms with Crippen LogP contribution in [-0.4, -0.2) is 130 Å². The Bertz CT molecular complexity index is 2140. The third-order valence-corrected chi connectivity index (χ3v) is 12.0. The maximum absolute atomic E-state index is 14.2. The topological polar surface area (TPSA) is 253 Å². The molecule has 62 heavy (non-hydrogen) atoms. The number of aromatic nitrogens is 1. The third-order valence-electron chi connectivity index (χ3n) is 12.0. The lowest BCUT2D eigenvalue weighted by atomic mass is 9.45. The largest absolute Gasteiger partial charge is 0.465 e. The molecular weight excluding hydrogens is 818 g/mol. The minimum atomic E-state index is -2.79. The van der Waals surface area contributed by atoms with E-state index in [1.807, 2.05) is 0 Å². The summed E-state index contributed by atoms with van der Waals surface area (Å²) in [7, 11) is 0. The van der Waals surface area contributed by atoms with E-state index < -0.39 is 132 Å². The number of hydrogen-bond acceptors (Lipinski definition) is 19. The molecular formula is C43H49NO18. The molecule has 19 heteroatoms. The van der Waals surface area contributed by atoms with E-state index >= 15 is 0 Å². The normalized spacial score (nSPS) is 35.1. The van der Waals surface area contributed by atoms with Crippen LogP contribution in [0.4, 0.5) is 0 Å². The highest BCUT2D eigenvalue weighted by Crippen LogP contribution is 2.70. The van der Waals surface area contributed by atoms with Crippen molar-refractivity contribution in [2.75, 3.05) is 13.2 Å². The van der Waals surface area contributed by atoms with Gasteiger partial charge in [0.1, 0.15) is 54.2 Å². The second-order valence-corrected chi connectivity index (χ2v) is 16.3. The Balaban J connectivity index is 1.77. The monoisotopic (exact) mass is 867 g/mol. The van der Waals surface area contributed by atoms with Gasteiger partial charge >= 0.3 is 41.8 Å². The van der Waals surface area contributed by atoms with Crippen molar-refractivity contribution in [2.24, 2.45) is 11.3 Å². The molecule has 2 saturated carbocycles. The van der Waals surface area contributed by atoms with Crippen molar-refractivity contribution >= 4 is 47.6 Å². The maximum atomic E-state index is 14.2. The molecule has 0 radical (unpaired) electrons. The first-order valence-electron chi connectivity index (χ1n) is 19.9. The third kappa shape index (κ3) is 7.81. The van der Waals surface area contributed by atoms with E-state index in [9.17, 15) is 43.5 Å². The molecule has 2 aliphatic carbocycles. The molecule has 6 rings (SSSR count). The second-order valence-electron chi connectivity index (χ2n) is 16.3. The molecule has 19 nitrogen and oxygen atoms in total. The Morgan fingerprint density at radius 1 is 0.758 bits per heavy atom. The van der Waals surface area contributed by atoms with Crippen LogP contribution in [0.1, 0.15) is 88.2 Å². The van der Waals surface area contributed by atoms with E-state index in [1.165, 1.54) is 56.4 Å². The van der Waals surface area contributed by atoms with Crippen LogP contribution < -0.4 is 0 Å². The standard InChI is InChI=1S/C43H49NO18/c1-21-30(50)17-16-29-28(15-12-18-44-29)39(52)55-19-40(7)31-32(57-23(3)46)36(59-25(5)48)42(20-54-22(2)45)37(60-26(6)49)33(61-38(51)27-13-10-9-11-14-27)35(56-21)41(8,53)43(42,62-40)34(31)58-24(4)47/h9-15,18,21,31-37,53H,16-17,19-20H2,1-8H3. The summed E-state index contributed by atoms with van der Waals surface area (Å²) in [5.41, 5.74) is -10.1. The number of nitrogens with zero attached hydrogens (tertiary/aromatic N) is 1. The summed E-state index contributed by atoms with van der Waals surface area (Å²) in [4.78, 5) is 113. The molecule has 1 spiro atoms. The number of aliphatic hydroxyl groups is 1. The highest BCUT2D eigenvalue weighted by molar-refractivity contribution is 5.91. The quantitative estimate of drug-likeness (QED) is 0.294. The van der Waals surface area contributed by atoms with Gasteiger partial charge in [0.15, 0.2) is 29.7 Å². The molecule has 334 valence electrons. The number of pyridine rings is 1. The number of rotatable bonds is 8. The summed E-state index contributed by atoms with van der Waals surface area (Å²) in [6.07, 6.45) is -12.3. The van der Waals surface area contributed by atoms with Crippen molar-refractivity contribution < 1.29 is 86.1 Å². The van der Waals surface area contributed by atoms with Crippen LogP contribution in [0.3, 0.4) is 0 Å². The van der Waals surface area contributed by atoms with E-state index in [4.69, 9.17) is 42.6 Å². The Hall–Kier alpha value is -5.79. The van der Waals surface area contributed by atoms with E-state index in [0.717, 1.165) is 41.5 Å². The number of carbonyl (C=O) groups is 8. The molecule has 1 saturated heterocycles. The molecule has 2 aromatic rings. The average Bonchev–Trinajstić information content (AvgIpc) is 3.41. The second kappa shape index (κ2) is 17.2. The van der Waals surface area contributed by atoms with Gasteiger partial charge in [-0.05, 0) is 51.5 Å². The number of aryl methyl sites for hydroxylation is 1. The summed E-state index contributed by atoms with van der Waals surface area (Å²) >= 11 is 0. The first-order chi connectivity index (χ1) is 29.1. The lowest BCUT2D eigenvalue weighted by Crippen LogP contribution is -2.89. The van der Waals surface area contributed by atoms with Gasteiger partial charge in [-0.3, -0.25) is 33.8 Å². The first kappa shape index (κ1) is 45.7. The number of hydrogen-bond donors (Lipinski definition) is 1. The van der Waals surface area contributed by atoms with Crippen LogP contribution >= 0.6 is 0 Å². The molecule has 4 bridgehead atoms. The minimum Gasteiger partial charge on any atom is -0.465 e. The Labute approximate surface area is 355 Å². The summed E-state index contributed by atoms with van der Waals surface area (Å²) in [5.74, 6) is -9.18. The van der Waals surface area contributed by atoms with Crippen molar-refractivity contribution in [3.8, 4) is 0 Å². The van der Waals surface area contributed by atoms with E-state index in [1.54, 1.807) is 6.07 Å². The fourth-order valence-corrected chi connectivity index (χ4v) is 9.79. The molecule has 3 fully saturated rings. The van der Waals surface area contributed by atoms with E-state index in [-0.39, 0.29) is 29.7 Å². The lowest BCUT2D eigenvalue weighted by molar-refractivity contribution is -0.390. The number of carbonyl (C=O) groups excluding carboxylic acids is 8. The van der Waals surface area contributed by atoms with Crippen LogP contribution in [0.25, 0.3) is 0 Å². The summed E-state index contributed by atoms with van der Waals surface area (Å²) in [5, 5.41) is 13.7. The zero-order valence-electron chi connectivity index (χ0n) is 35.4. The number of cyclic esters (lactones) is 1. The van der Waals surface area contributed by atoms with Crippen molar-refractivity contribution in [1.29, 1.82) is 0 Å². The van der Waals surface area contributed by atoms with Gasteiger partial charge in [0.05, 0.1) is 22.7 Å². The molecule has 12 atom stereocenters. The van der Waals surface area contributed by atoms with Gasteiger partial charge in [0, 0.05) is 47.2 Å². The summed E-state index contributed by atoms with van der Waals surface area (Å²) in [6.45, 7) is 7.13.